The fourth-order valence-corrected chi connectivity index (χ4v) is 3.42. The Labute approximate surface area is 175 Å². The standard InChI is InChI=1S/C22H24N2O4S/c1-4-27-18-12-16(10-11-17(18)28-13-15-8-6-5-7-9-15)20-19(21(25)26-3)14(2)23-22(29)24-20/h5-12,20H,4,13H2,1-3H3,(H2,23,24,29). The maximum absolute atomic E-state index is 12.3. The molecule has 1 aliphatic rings. The second kappa shape index (κ2) is 9.43. The predicted molar refractivity (Wildman–Crippen MR) is 115 cm³/mol. The van der Waals surface area contributed by atoms with E-state index in [1.807, 2.05) is 55.5 Å². The predicted octanol–water partition coefficient (Wildman–Crippen LogP) is 3.63. The number of benzene rings is 2. The van der Waals surface area contributed by atoms with Gasteiger partial charge in [-0.25, -0.2) is 4.79 Å². The number of ether oxygens (including phenoxy) is 3. The van der Waals surface area contributed by atoms with E-state index in [-0.39, 0.29) is 0 Å². The lowest BCUT2D eigenvalue weighted by Gasteiger charge is -2.30. The van der Waals surface area contributed by atoms with Crippen LogP contribution in [0.2, 0.25) is 0 Å². The zero-order valence-electron chi connectivity index (χ0n) is 16.7. The number of hydrogen-bond acceptors (Lipinski definition) is 5. The van der Waals surface area contributed by atoms with Gasteiger partial charge < -0.3 is 24.8 Å². The minimum absolute atomic E-state index is 0.419. The quantitative estimate of drug-likeness (QED) is 0.532. The van der Waals surface area contributed by atoms with Crippen LogP contribution in [0, 0.1) is 0 Å². The Kier molecular flexibility index (Phi) is 6.72. The molecule has 1 atom stereocenters. The third-order valence-corrected chi connectivity index (χ3v) is 4.73. The highest BCUT2D eigenvalue weighted by Gasteiger charge is 2.31. The molecule has 1 aliphatic heterocycles. The van der Waals surface area contributed by atoms with Crippen molar-refractivity contribution in [1.29, 1.82) is 0 Å². The molecule has 2 N–H and O–H groups in total. The molecule has 6 nitrogen and oxygen atoms in total. The van der Waals surface area contributed by atoms with E-state index >= 15 is 0 Å². The van der Waals surface area contributed by atoms with Gasteiger partial charge in [-0.2, -0.15) is 0 Å². The molecule has 29 heavy (non-hydrogen) atoms. The molecule has 0 aromatic heterocycles. The van der Waals surface area contributed by atoms with Crippen molar-refractivity contribution < 1.29 is 19.0 Å². The summed E-state index contributed by atoms with van der Waals surface area (Å²) < 4.78 is 16.7. The summed E-state index contributed by atoms with van der Waals surface area (Å²) in [5.74, 6) is 0.822. The Hall–Kier alpha value is -3.06. The lowest BCUT2D eigenvalue weighted by molar-refractivity contribution is -0.136. The van der Waals surface area contributed by atoms with Gasteiger partial charge in [-0.15, -0.1) is 0 Å². The van der Waals surface area contributed by atoms with Crippen molar-refractivity contribution in [3.05, 3.63) is 70.9 Å². The molecular formula is C22H24N2O4S. The van der Waals surface area contributed by atoms with Gasteiger partial charge in [0, 0.05) is 5.70 Å². The largest absolute Gasteiger partial charge is 0.490 e. The molecule has 1 heterocycles. The third-order valence-electron chi connectivity index (χ3n) is 4.51. The number of allylic oxidation sites excluding steroid dienone is 1. The number of esters is 1. The fourth-order valence-electron chi connectivity index (χ4n) is 3.15. The Bertz CT molecular complexity index is 928. The van der Waals surface area contributed by atoms with E-state index in [0.29, 0.717) is 41.1 Å². The van der Waals surface area contributed by atoms with Gasteiger partial charge in [0.15, 0.2) is 16.6 Å². The maximum atomic E-state index is 12.3. The number of methoxy groups -OCH3 is 1. The van der Waals surface area contributed by atoms with Gasteiger partial charge in [0.05, 0.1) is 25.3 Å². The molecule has 152 valence electrons. The highest BCUT2D eigenvalue weighted by molar-refractivity contribution is 7.80. The summed E-state index contributed by atoms with van der Waals surface area (Å²) in [7, 11) is 1.36. The van der Waals surface area contributed by atoms with Crippen LogP contribution in [-0.4, -0.2) is 24.8 Å². The smallest absolute Gasteiger partial charge is 0.337 e. The van der Waals surface area contributed by atoms with Crippen LogP contribution in [0.5, 0.6) is 11.5 Å². The lowest BCUT2D eigenvalue weighted by atomic mass is 9.95. The molecule has 0 fully saturated rings. The summed E-state index contributed by atoms with van der Waals surface area (Å²) >= 11 is 5.28. The molecule has 0 saturated carbocycles. The second-order valence-corrected chi connectivity index (χ2v) is 6.88. The monoisotopic (exact) mass is 412 g/mol. The summed E-state index contributed by atoms with van der Waals surface area (Å²) in [6.07, 6.45) is 0. The Balaban J connectivity index is 1.91. The molecule has 0 saturated heterocycles. The van der Waals surface area contributed by atoms with Gasteiger partial charge in [0.1, 0.15) is 6.61 Å². The van der Waals surface area contributed by atoms with Gasteiger partial charge in [-0.05, 0) is 49.3 Å². The SMILES string of the molecule is CCOc1cc(C2NC(=S)NC(C)=C2C(=O)OC)ccc1OCc1ccccc1. The number of rotatable bonds is 7. The average molecular weight is 413 g/mol. The van der Waals surface area contributed by atoms with Crippen LogP contribution in [-0.2, 0) is 16.1 Å². The number of carbonyl (C=O) groups is 1. The van der Waals surface area contributed by atoms with Crippen molar-refractivity contribution in [1.82, 2.24) is 10.6 Å². The van der Waals surface area contributed by atoms with Gasteiger partial charge in [0.2, 0.25) is 0 Å². The zero-order valence-corrected chi connectivity index (χ0v) is 17.5. The first kappa shape index (κ1) is 20.7. The van der Waals surface area contributed by atoms with Crippen LogP contribution >= 0.6 is 12.2 Å². The highest BCUT2D eigenvalue weighted by Crippen LogP contribution is 2.35. The second-order valence-electron chi connectivity index (χ2n) is 6.48. The van der Waals surface area contributed by atoms with Crippen LogP contribution < -0.4 is 20.1 Å². The minimum atomic E-state index is -0.446. The molecule has 0 aliphatic carbocycles. The van der Waals surface area contributed by atoms with Crippen LogP contribution in [0.3, 0.4) is 0 Å². The van der Waals surface area contributed by atoms with Crippen LogP contribution in [0.25, 0.3) is 0 Å². The van der Waals surface area contributed by atoms with Crippen molar-refractivity contribution >= 4 is 23.3 Å². The van der Waals surface area contributed by atoms with Crippen molar-refractivity contribution in [2.75, 3.05) is 13.7 Å². The van der Waals surface area contributed by atoms with E-state index in [1.54, 1.807) is 6.92 Å². The first-order valence-corrected chi connectivity index (χ1v) is 9.74. The molecule has 2 aromatic carbocycles. The van der Waals surface area contributed by atoms with E-state index in [9.17, 15) is 4.79 Å². The summed E-state index contributed by atoms with van der Waals surface area (Å²) in [6, 6.07) is 15.1. The van der Waals surface area contributed by atoms with Crippen LogP contribution in [0.1, 0.15) is 31.0 Å². The molecule has 0 spiro atoms. The number of hydrogen-bond donors (Lipinski definition) is 2. The fraction of sp³-hybridized carbons (Fsp3) is 0.273. The first-order chi connectivity index (χ1) is 14.0. The summed E-state index contributed by atoms with van der Waals surface area (Å²) in [5.41, 5.74) is 3.02. The highest BCUT2D eigenvalue weighted by atomic mass is 32.1. The van der Waals surface area contributed by atoms with E-state index in [4.69, 9.17) is 26.4 Å². The van der Waals surface area contributed by atoms with Crippen LogP contribution in [0.15, 0.2) is 59.8 Å². The molecule has 0 amide bonds. The van der Waals surface area contributed by atoms with Crippen molar-refractivity contribution in [2.24, 2.45) is 0 Å². The molecule has 0 bridgehead atoms. The Morgan fingerprint density at radius 1 is 1.10 bits per heavy atom. The maximum Gasteiger partial charge on any atom is 0.337 e. The number of carbonyl (C=O) groups excluding carboxylic acids is 1. The first-order valence-electron chi connectivity index (χ1n) is 9.33. The summed E-state index contributed by atoms with van der Waals surface area (Å²) in [5, 5.41) is 6.56. The summed E-state index contributed by atoms with van der Waals surface area (Å²) in [4.78, 5) is 12.3. The normalized spacial score (nSPS) is 16.0. The van der Waals surface area contributed by atoms with E-state index in [0.717, 1.165) is 11.1 Å². The molecule has 1 unspecified atom stereocenters. The van der Waals surface area contributed by atoms with Crippen molar-refractivity contribution in [3.63, 3.8) is 0 Å². The molecular weight excluding hydrogens is 388 g/mol. The zero-order chi connectivity index (χ0) is 20.8. The van der Waals surface area contributed by atoms with Gasteiger partial charge >= 0.3 is 5.97 Å². The van der Waals surface area contributed by atoms with Gasteiger partial charge in [-0.3, -0.25) is 0 Å². The van der Waals surface area contributed by atoms with Crippen LogP contribution in [0.4, 0.5) is 0 Å². The Morgan fingerprint density at radius 3 is 2.55 bits per heavy atom. The minimum Gasteiger partial charge on any atom is -0.490 e. The van der Waals surface area contributed by atoms with Crippen molar-refractivity contribution in [2.45, 2.75) is 26.5 Å². The van der Waals surface area contributed by atoms with E-state index < -0.39 is 12.0 Å². The number of thiocarbonyl (C=S) groups is 1. The molecule has 7 heteroatoms. The van der Waals surface area contributed by atoms with Gasteiger partial charge in [0.25, 0.3) is 0 Å². The van der Waals surface area contributed by atoms with Crippen molar-refractivity contribution in [3.8, 4) is 11.5 Å². The van der Waals surface area contributed by atoms with Gasteiger partial charge in [-0.1, -0.05) is 36.4 Å². The molecule has 0 radical (unpaired) electrons. The third kappa shape index (κ3) is 4.86. The molecule has 2 aromatic rings. The topological polar surface area (TPSA) is 68.8 Å². The Morgan fingerprint density at radius 2 is 1.86 bits per heavy atom. The number of nitrogens with one attached hydrogen (secondary N) is 2. The molecule has 3 rings (SSSR count). The average Bonchev–Trinajstić information content (AvgIpc) is 2.72. The lowest BCUT2D eigenvalue weighted by Crippen LogP contribution is -2.45. The van der Waals surface area contributed by atoms with E-state index in [1.165, 1.54) is 7.11 Å². The summed E-state index contributed by atoms with van der Waals surface area (Å²) in [6.45, 7) is 4.63. The van der Waals surface area contributed by atoms with E-state index in [2.05, 4.69) is 10.6 Å².